The minimum Gasteiger partial charge on any atom is -0.287 e. The van der Waals surface area contributed by atoms with E-state index in [0.717, 1.165) is 15.6 Å². The van der Waals surface area contributed by atoms with Gasteiger partial charge >= 0.3 is 0 Å². The molecule has 0 amide bonds. The van der Waals surface area contributed by atoms with Gasteiger partial charge in [-0.1, -0.05) is 18.2 Å². The Bertz CT molecular complexity index is 372. The monoisotopic (exact) mass is 148 g/mol. The third-order valence-electron chi connectivity index (χ3n) is 1.61. The Balaban J connectivity index is 2.73. The van der Waals surface area contributed by atoms with Gasteiger partial charge in [-0.3, -0.25) is 10.2 Å². The van der Waals surface area contributed by atoms with Crippen LogP contribution in [0.5, 0.6) is 0 Å². The van der Waals surface area contributed by atoms with Crippen molar-refractivity contribution in [1.29, 1.82) is 0 Å². The number of hydrogen-bond acceptors (Lipinski definition) is 3. The van der Waals surface area contributed by atoms with Gasteiger partial charge in [0.05, 0.1) is 5.36 Å². The highest BCUT2D eigenvalue weighted by molar-refractivity contribution is 5.21. The van der Waals surface area contributed by atoms with Crippen LogP contribution in [0.25, 0.3) is 6.20 Å². The fourth-order valence-corrected chi connectivity index (χ4v) is 1.09. The molecular formula is C8H8N2O. The first kappa shape index (κ1) is 6.37. The Labute approximate surface area is 63.9 Å². The van der Waals surface area contributed by atoms with Gasteiger partial charge in [0.2, 0.25) is 0 Å². The minimum absolute atomic E-state index is 0.330. The molecule has 1 N–H and O–H groups in total. The van der Waals surface area contributed by atoms with Crippen molar-refractivity contribution < 1.29 is 5.21 Å². The van der Waals surface area contributed by atoms with Crippen LogP contribution in [0.4, 0.5) is 0 Å². The average molecular weight is 148 g/mol. The molecule has 0 aliphatic carbocycles. The Hall–Kier alpha value is -1.35. The third-order valence-corrected chi connectivity index (χ3v) is 1.61. The predicted octanol–water partition coefficient (Wildman–Crippen LogP) is -0.293. The van der Waals surface area contributed by atoms with Gasteiger partial charge in [-0.05, 0) is 6.07 Å². The summed E-state index contributed by atoms with van der Waals surface area (Å²) in [6, 6.07) is 7.70. The zero-order chi connectivity index (χ0) is 7.68. The normalized spacial score (nSPS) is 14.8. The summed E-state index contributed by atoms with van der Waals surface area (Å²) in [7, 11) is 0. The van der Waals surface area contributed by atoms with E-state index in [2.05, 4.69) is 4.99 Å². The SMILES string of the molecule is ON1C=c2ccccc2=NC1. The lowest BCUT2D eigenvalue weighted by atomic mass is 10.3. The summed E-state index contributed by atoms with van der Waals surface area (Å²) in [5.41, 5.74) is 0. The molecule has 2 rings (SSSR count). The highest BCUT2D eigenvalue weighted by Crippen LogP contribution is 1.85. The van der Waals surface area contributed by atoms with Crippen LogP contribution in [0.2, 0.25) is 0 Å². The highest BCUT2D eigenvalue weighted by atomic mass is 16.5. The van der Waals surface area contributed by atoms with Gasteiger partial charge in [-0.15, -0.1) is 0 Å². The Morgan fingerprint density at radius 3 is 3.09 bits per heavy atom. The van der Waals surface area contributed by atoms with Gasteiger partial charge in [0.25, 0.3) is 0 Å². The molecule has 0 atom stereocenters. The topological polar surface area (TPSA) is 35.8 Å². The number of nitrogens with zero attached hydrogens (tertiary/aromatic N) is 2. The van der Waals surface area contributed by atoms with Crippen molar-refractivity contribution in [2.45, 2.75) is 0 Å². The van der Waals surface area contributed by atoms with Crippen molar-refractivity contribution in [3.05, 3.63) is 34.8 Å². The van der Waals surface area contributed by atoms with Gasteiger partial charge in [0.1, 0.15) is 6.67 Å². The number of hydrogen-bond donors (Lipinski definition) is 1. The van der Waals surface area contributed by atoms with Crippen LogP contribution in [0.15, 0.2) is 29.3 Å². The molecule has 1 aromatic carbocycles. The molecule has 0 radical (unpaired) electrons. The maximum Gasteiger partial charge on any atom is 0.135 e. The predicted molar refractivity (Wildman–Crippen MR) is 40.2 cm³/mol. The number of rotatable bonds is 0. The van der Waals surface area contributed by atoms with Crippen LogP contribution >= 0.6 is 0 Å². The quantitative estimate of drug-likeness (QED) is 0.548. The van der Waals surface area contributed by atoms with Crippen molar-refractivity contribution in [1.82, 2.24) is 5.06 Å². The first-order valence-electron chi connectivity index (χ1n) is 3.43. The van der Waals surface area contributed by atoms with Gasteiger partial charge in [0, 0.05) is 11.4 Å². The molecular weight excluding hydrogens is 140 g/mol. The van der Waals surface area contributed by atoms with E-state index in [1.807, 2.05) is 24.3 Å². The summed E-state index contributed by atoms with van der Waals surface area (Å²) in [6.45, 7) is 0.330. The molecule has 0 unspecified atom stereocenters. The molecule has 1 aliphatic heterocycles. The maximum atomic E-state index is 9.04. The number of para-hydroxylation sites is 1. The van der Waals surface area contributed by atoms with E-state index in [1.165, 1.54) is 0 Å². The van der Waals surface area contributed by atoms with Crippen LogP contribution in [0.1, 0.15) is 0 Å². The molecule has 1 aliphatic rings. The van der Waals surface area contributed by atoms with Crippen molar-refractivity contribution in [3.8, 4) is 0 Å². The van der Waals surface area contributed by atoms with E-state index in [4.69, 9.17) is 5.21 Å². The standard InChI is InChI=1S/C8H8N2O/c11-10-5-7-3-1-2-4-8(7)9-6-10/h1-5,11H,6H2. The summed E-state index contributed by atoms with van der Waals surface area (Å²) in [4.78, 5) is 4.12. The molecule has 0 saturated carbocycles. The van der Waals surface area contributed by atoms with Crippen LogP contribution in [0, 0.1) is 0 Å². The number of hydroxylamine groups is 2. The number of fused-ring (bicyclic) bond motifs is 1. The zero-order valence-electron chi connectivity index (χ0n) is 5.94. The average Bonchev–Trinajstić information content (AvgIpc) is 2.04. The number of benzene rings is 1. The van der Waals surface area contributed by atoms with Crippen LogP contribution in [-0.4, -0.2) is 16.9 Å². The molecule has 3 nitrogen and oxygen atoms in total. The molecule has 0 aromatic heterocycles. The van der Waals surface area contributed by atoms with Crippen molar-refractivity contribution in [2.75, 3.05) is 6.67 Å². The summed E-state index contributed by atoms with van der Waals surface area (Å²) in [5, 5.41) is 12.0. The fraction of sp³-hybridized carbons (Fsp3) is 0.125. The highest BCUT2D eigenvalue weighted by Gasteiger charge is 1.96. The molecule has 1 heterocycles. The summed E-state index contributed by atoms with van der Waals surface area (Å²) < 4.78 is 0. The van der Waals surface area contributed by atoms with Crippen molar-refractivity contribution >= 4 is 6.20 Å². The van der Waals surface area contributed by atoms with Gasteiger partial charge < -0.3 is 0 Å². The lowest BCUT2D eigenvalue weighted by Crippen LogP contribution is -2.34. The molecule has 1 aromatic rings. The van der Waals surface area contributed by atoms with E-state index in [9.17, 15) is 0 Å². The summed E-state index contributed by atoms with van der Waals surface area (Å²) in [6.07, 6.45) is 1.67. The molecule has 0 saturated heterocycles. The van der Waals surface area contributed by atoms with Crippen molar-refractivity contribution in [3.63, 3.8) is 0 Å². The molecule has 56 valence electrons. The minimum atomic E-state index is 0.330. The lowest BCUT2D eigenvalue weighted by Gasteiger charge is -2.10. The first-order chi connectivity index (χ1) is 5.36. The van der Waals surface area contributed by atoms with Gasteiger partial charge in [-0.2, -0.15) is 0 Å². The van der Waals surface area contributed by atoms with Crippen LogP contribution < -0.4 is 10.6 Å². The smallest absolute Gasteiger partial charge is 0.135 e. The maximum absolute atomic E-state index is 9.04. The van der Waals surface area contributed by atoms with Gasteiger partial charge in [-0.25, -0.2) is 5.06 Å². The van der Waals surface area contributed by atoms with E-state index in [1.54, 1.807) is 6.20 Å². The third kappa shape index (κ3) is 1.10. The second kappa shape index (κ2) is 2.36. The molecule has 11 heavy (non-hydrogen) atoms. The van der Waals surface area contributed by atoms with Crippen LogP contribution in [-0.2, 0) is 0 Å². The van der Waals surface area contributed by atoms with Gasteiger partial charge in [0.15, 0.2) is 0 Å². The zero-order valence-corrected chi connectivity index (χ0v) is 5.94. The molecule has 0 fully saturated rings. The fourth-order valence-electron chi connectivity index (χ4n) is 1.09. The summed E-state index contributed by atoms with van der Waals surface area (Å²) >= 11 is 0. The molecule has 3 heteroatoms. The Morgan fingerprint density at radius 1 is 1.36 bits per heavy atom. The second-order valence-corrected chi connectivity index (χ2v) is 2.43. The molecule has 0 bridgehead atoms. The second-order valence-electron chi connectivity index (χ2n) is 2.43. The Morgan fingerprint density at radius 2 is 2.18 bits per heavy atom. The first-order valence-corrected chi connectivity index (χ1v) is 3.43. The van der Waals surface area contributed by atoms with E-state index >= 15 is 0 Å². The van der Waals surface area contributed by atoms with Crippen molar-refractivity contribution in [2.24, 2.45) is 4.99 Å². The van der Waals surface area contributed by atoms with Crippen LogP contribution in [0.3, 0.4) is 0 Å². The summed E-state index contributed by atoms with van der Waals surface area (Å²) in [5.74, 6) is 0. The lowest BCUT2D eigenvalue weighted by molar-refractivity contribution is -0.0199. The molecule has 0 spiro atoms. The van der Waals surface area contributed by atoms with E-state index in [-0.39, 0.29) is 0 Å². The largest absolute Gasteiger partial charge is 0.287 e. The van der Waals surface area contributed by atoms with E-state index in [0.29, 0.717) is 6.67 Å². The Kier molecular flexibility index (Phi) is 1.36. The van der Waals surface area contributed by atoms with E-state index < -0.39 is 0 Å².